The highest BCUT2D eigenvalue weighted by Gasteiger charge is 2.03. The molecule has 1 aromatic carbocycles. The molecule has 0 aliphatic carbocycles. The lowest BCUT2D eigenvalue weighted by atomic mass is 10.2. The third-order valence-electron chi connectivity index (χ3n) is 2.53. The highest BCUT2D eigenvalue weighted by molar-refractivity contribution is 9.10. The van der Waals surface area contributed by atoms with E-state index < -0.39 is 0 Å². The predicted molar refractivity (Wildman–Crippen MR) is 73.6 cm³/mol. The topological polar surface area (TPSA) is 15.3 Å². The molecule has 96 valence electrons. The largest absolute Gasteiger partial charge is 0.315 e. The van der Waals surface area contributed by atoms with Crippen LogP contribution in [0.15, 0.2) is 22.7 Å². The standard InChI is InChI=1S/C13H20BrFN2/c1-3-6-16-7-8-17(2)10-11-4-5-12(14)13(15)9-11/h4-5,9,16H,3,6-8,10H2,1-2H3. The van der Waals surface area contributed by atoms with Crippen molar-refractivity contribution < 1.29 is 4.39 Å². The highest BCUT2D eigenvalue weighted by Crippen LogP contribution is 2.16. The second-order valence-electron chi connectivity index (χ2n) is 4.24. The Morgan fingerprint density at radius 1 is 1.35 bits per heavy atom. The summed E-state index contributed by atoms with van der Waals surface area (Å²) in [7, 11) is 2.05. The van der Waals surface area contributed by atoms with Crippen molar-refractivity contribution in [2.75, 3.05) is 26.7 Å². The van der Waals surface area contributed by atoms with Crippen LogP contribution in [0.2, 0.25) is 0 Å². The van der Waals surface area contributed by atoms with Crippen molar-refractivity contribution in [3.05, 3.63) is 34.1 Å². The Balaban J connectivity index is 2.34. The van der Waals surface area contributed by atoms with Crippen LogP contribution in [0.3, 0.4) is 0 Å². The van der Waals surface area contributed by atoms with E-state index in [1.54, 1.807) is 12.1 Å². The molecular formula is C13H20BrFN2. The zero-order valence-electron chi connectivity index (χ0n) is 10.5. The van der Waals surface area contributed by atoms with Crippen LogP contribution in [-0.2, 0) is 6.54 Å². The molecule has 0 spiro atoms. The van der Waals surface area contributed by atoms with Crippen molar-refractivity contribution in [2.24, 2.45) is 0 Å². The highest BCUT2D eigenvalue weighted by atomic mass is 79.9. The summed E-state index contributed by atoms with van der Waals surface area (Å²) in [5.41, 5.74) is 1.00. The van der Waals surface area contributed by atoms with Crippen molar-refractivity contribution in [3.63, 3.8) is 0 Å². The lowest BCUT2D eigenvalue weighted by molar-refractivity contribution is 0.324. The third-order valence-corrected chi connectivity index (χ3v) is 3.18. The summed E-state index contributed by atoms with van der Waals surface area (Å²) in [5.74, 6) is -0.194. The summed E-state index contributed by atoms with van der Waals surface area (Å²) < 4.78 is 13.8. The first-order valence-electron chi connectivity index (χ1n) is 5.96. The van der Waals surface area contributed by atoms with Gasteiger partial charge in [0.05, 0.1) is 4.47 Å². The molecule has 0 radical (unpaired) electrons. The number of benzene rings is 1. The van der Waals surface area contributed by atoms with Gasteiger partial charge in [0.15, 0.2) is 0 Å². The van der Waals surface area contributed by atoms with Gasteiger partial charge in [0.1, 0.15) is 5.82 Å². The summed E-state index contributed by atoms with van der Waals surface area (Å²) in [6, 6.07) is 5.29. The predicted octanol–water partition coefficient (Wildman–Crippen LogP) is 3.02. The Morgan fingerprint density at radius 3 is 2.76 bits per heavy atom. The number of rotatable bonds is 7. The lowest BCUT2D eigenvalue weighted by Crippen LogP contribution is -2.29. The summed E-state index contributed by atoms with van der Waals surface area (Å²) in [6.45, 7) is 5.93. The Labute approximate surface area is 111 Å². The fraction of sp³-hybridized carbons (Fsp3) is 0.538. The van der Waals surface area contributed by atoms with Crippen molar-refractivity contribution in [1.82, 2.24) is 10.2 Å². The summed E-state index contributed by atoms with van der Waals surface area (Å²) in [6.07, 6.45) is 1.15. The molecule has 0 bridgehead atoms. The van der Waals surface area contributed by atoms with Gasteiger partial charge in [-0.05, 0) is 53.6 Å². The van der Waals surface area contributed by atoms with Crippen LogP contribution in [-0.4, -0.2) is 31.6 Å². The second kappa shape index (κ2) is 7.80. The molecule has 0 heterocycles. The smallest absolute Gasteiger partial charge is 0.137 e. The second-order valence-corrected chi connectivity index (χ2v) is 5.09. The molecule has 17 heavy (non-hydrogen) atoms. The summed E-state index contributed by atoms with van der Waals surface area (Å²) in [4.78, 5) is 2.19. The van der Waals surface area contributed by atoms with Gasteiger partial charge in [-0.1, -0.05) is 13.0 Å². The lowest BCUT2D eigenvalue weighted by Gasteiger charge is -2.17. The number of nitrogens with one attached hydrogen (secondary N) is 1. The minimum Gasteiger partial charge on any atom is -0.315 e. The van der Waals surface area contributed by atoms with Gasteiger partial charge in [0.2, 0.25) is 0 Å². The van der Waals surface area contributed by atoms with Gasteiger partial charge < -0.3 is 10.2 Å². The van der Waals surface area contributed by atoms with Gasteiger partial charge in [-0.2, -0.15) is 0 Å². The van der Waals surface area contributed by atoms with Crippen molar-refractivity contribution in [1.29, 1.82) is 0 Å². The monoisotopic (exact) mass is 302 g/mol. The number of halogens is 2. The molecule has 2 nitrogen and oxygen atoms in total. The number of nitrogens with zero attached hydrogens (tertiary/aromatic N) is 1. The van der Waals surface area contributed by atoms with Gasteiger partial charge in [0, 0.05) is 19.6 Å². The van der Waals surface area contributed by atoms with E-state index in [2.05, 4.69) is 33.1 Å². The quantitative estimate of drug-likeness (QED) is 0.779. The van der Waals surface area contributed by atoms with E-state index in [-0.39, 0.29) is 5.82 Å². The molecule has 0 saturated heterocycles. The van der Waals surface area contributed by atoms with E-state index >= 15 is 0 Å². The minimum atomic E-state index is -0.194. The van der Waals surface area contributed by atoms with Crippen molar-refractivity contribution in [2.45, 2.75) is 19.9 Å². The van der Waals surface area contributed by atoms with Crippen LogP contribution in [0.5, 0.6) is 0 Å². The maximum absolute atomic E-state index is 13.3. The number of likely N-dealkylation sites (N-methyl/N-ethyl adjacent to an activating group) is 1. The van der Waals surface area contributed by atoms with Gasteiger partial charge in [-0.25, -0.2) is 4.39 Å². The molecule has 0 aliphatic heterocycles. The fourth-order valence-corrected chi connectivity index (χ4v) is 1.85. The van der Waals surface area contributed by atoms with E-state index in [4.69, 9.17) is 0 Å². The molecule has 0 aromatic heterocycles. The summed E-state index contributed by atoms with van der Waals surface area (Å²) >= 11 is 3.16. The Hall–Kier alpha value is -0.450. The maximum atomic E-state index is 13.3. The van der Waals surface area contributed by atoms with Crippen LogP contribution < -0.4 is 5.32 Å². The van der Waals surface area contributed by atoms with E-state index in [1.165, 1.54) is 0 Å². The first-order valence-corrected chi connectivity index (χ1v) is 6.76. The Bertz CT molecular complexity index is 344. The number of hydrogen-bond acceptors (Lipinski definition) is 2. The normalized spacial score (nSPS) is 11.1. The van der Waals surface area contributed by atoms with Crippen LogP contribution >= 0.6 is 15.9 Å². The zero-order chi connectivity index (χ0) is 12.7. The van der Waals surface area contributed by atoms with Crippen LogP contribution in [0.1, 0.15) is 18.9 Å². The van der Waals surface area contributed by atoms with E-state index in [0.717, 1.165) is 38.2 Å². The zero-order valence-corrected chi connectivity index (χ0v) is 12.1. The molecule has 0 atom stereocenters. The van der Waals surface area contributed by atoms with Crippen molar-refractivity contribution >= 4 is 15.9 Å². The average molecular weight is 303 g/mol. The molecule has 0 fully saturated rings. The van der Waals surface area contributed by atoms with E-state index in [0.29, 0.717) is 4.47 Å². The first-order chi connectivity index (χ1) is 8.13. The fourth-order valence-electron chi connectivity index (χ4n) is 1.60. The van der Waals surface area contributed by atoms with E-state index in [1.807, 2.05) is 13.1 Å². The third kappa shape index (κ3) is 5.61. The average Bonchev–Trinajstić information content (AvgIpc) is 2.30. The SMILES string of the molecule is CCCNCCN(C)Cc1ccc(Br)c(F)c1. The van der Waals surface area contributed by atoms with Gasteiger partial charge in [-0.15, -0.1) is 0 Å². The minimum absolute atomic E-state index is 0.194. The molecule has 1 N–H and O–H groups in total. The molecule has 1 rings (SSSR count). The number of hydrogen-bond donors (Lipinski definition) is 1. The summed E-state index contributed by atoms with van der Waals surface area (Å²) in [5, 5.41) is 3.35. The molecule has 0 amide bonds. The van der Waals surface area contributed by atoms with Crippen molar-refractivity contribution in [3.8, 4) is 0 Å². The van der Waals surface area contributed by atoms with Crippen LogP contribution in [0.4, 0.5) is 4.39 Å². The van der Waals surface area contributed by atoms with Crippen LogP contribution in [0.25, 0.3) is 0 Å². The molecule has 1 aromatic rings. The Morgan fingerprint density at radius 2 is 2.12 bits per heavy atom. The van der Waals surface area contributed by atoms with E-state index in [9.17, 15) is 4.39 Å². The molecule has 0 aliphatic rings. The first kappa shape index (κ1) is 14.6. The molecular weight excluding hydrogens is 283 g/mol. The Kier molecular flexibility index (Phi) is 6.70. The molecule has 4 heteroatoms. The van der Waals surface area contributed by atoms with Gasteiger partial charge in [-0.3, -0.25) is 0 Å². The molecule has 0 unspecified atom stereocenters. The van der Waals surface area contributed by atoms with Crippen LogP contribution in [0, 0.1) is 5.82 Å². The maximum Gasteiger partial charge on any atom is 0.137 e. The van der Waals surface area contributed by atoms with Gasteiger partial charge in [0.25, 0.3) is 0 Å². The molecule has 0 saturated carbocycles. The van der Waals surface area contributed by atoms with Gasteiger partial charge >= 0.3 is 0 Å².